The molecule has 0 atom stereocenters. The molecule has 24 heavy (non-hydrogen) atoms. The zero-order chi connectivity index (χ0) is 16.2. The number of piperidine rings is 1. The molecule has 0 radical (unpaired) electrons. The van der Waals surface area contributed by atoms with Gasteiger partial charge < -0.3 is 15.4 Å². The van der Waals surface area contributed by atoms with Gasteiger partial charge in [0.25, 0.3) is 5.91 Å². The molecule has 2 fully saturated rings. The van der Waals surface area contributed by atoms with Crippen molar-refractivity contribution in [1.82, 2.24) is 10.6 Å². The number of carbonyl (C=O) groups is 1. The van der Waals surface area contributed by atoms with Gasteiger partial charge in [0.15, 0.2) is 11.6 Å². The van der Waals surface area contributed by atoms with Gasteiger partial charge in [-0.05, 0) is 62.4 Å². The van der Waals surface area contributed by atoms with Crippen molar-refractivity contribution in [1.29, 1.82) is 0 Å². The van der Waals surface area contributed by atoms with Gasteiger partial charge in [0.1, 0.15) is 0 Å². The van der Waals surface area contributed by atoms with E-state index in [1.54, 1.807) is 0 Å². The summed E-state index contributed by atoms with van der Waals surface area (Å²) in [7, 11) is 0. The molecule has 0 spiro atoms. The van der Waals surface area contributed by atoms with E-state index in [1.807, 2.05) is 0 Å². The largest absolute Gasteiger partial charge is 0.381 e. The molecule has 1 aromatic carbocycles. The number of hydrogen-bond donors (Lipinski definition) is 2. The Morgan fingerprint density at radius 3 is 2.46 bits per heavy atom. The minimum Gasteiger partial charge on any atom is -0.381 e. The van der Waals surface area contributed by atoms with Crippen LogP contribution in [0, 0.1) is 11.6 Å². The van der Waals surface area contributed by atoms with Gasteiger partial charge in [-0.2, -0.15) is 0 Å². The molecule has 1 amide bonds. The van der Waals surface area contributed by atoms with E-state index in [9.17, 15) is 13.6 Å². The smallest absolute Gasteiger partial charge is 0.251 e. The summed E-state index contributed by atoms with van der Waals surface area (Å²) in [6, 6.07) is 2.55. The minimum absolute atomic E-state index is 0. The predicted octanol–water partition coefficient (Wildman–Crippen LogP) is 2.76. The average molecular weight is 361 g/mol. The first kappa shape index (κ1) is 19.1. The molecule has 2 N–H and O–H groups in total. The molecule has 1 aromatic rings. The standard InChI is InChI=1S/C17H22F2N2O2.ClH/c18-15-10-12(17(22)21-13-3-7-23-8-4-13)9-14(16(15)19)11-1-5-20-6-2-11;/h9-11,13,20H,1-8H2,(H,21,22);1H. The Hall–Kier alpha value is -1.24. The van der Waals surface area contributed by atoms with E-state index >= 15 is 0 Å². The van der Waals surface area contributed by atoms with Crippen molar-refractivity contribution in [2.75, 3.05) is 26.3 Å². The van der Waals surface area contributed by atoms with Gasteiger partial charge in [0, 0.05) is 24.8 Å². The van der Waals surface area contributed by atoms with E-state index in [2.05, 4.69) is 10.6 Å². The molecule has 0 bridgehead atoms. The van der Waals surface area contributed by atoms with Crippen LogP contribution in [-0.2, 0) is 4.74 Å². The normalized spacial score (nSPS) is 19.6. The summed E-state index contributed by atoms with van der Waals surface area (Å²) < 4.78 is 33.3. The fourth-order valence-corrected chi connectivity index (χ4v) is 3.28. The number of carbonyl (C=O) groups excluding carboxylic acids is 1. The molecule has 2 aliphatic heterocycles. The van der Waals surface area contributed by atoms with Crippen molar-refractivity contribution in [2.45, 2.75) is 37.6 Å². The van der Waals surface area contributed by atoms with Crippen LogP contribution in [0.4, 0.5) is 8.78 Å². The monoisotopic (exact) mass is 360 g/mol. The lowest BCUT2D eigenvalue weighted by Gasteiger charge is -2.25. The lowest BCUT2D eigenvalue weighted by Crippen LogP contribution is -2.39. The fourth-order valence-electron chi connectivity index (χ4n) is 3.28. The maximum absolute atomic E-state index is 14.1. The lowest BCUT2D eigenvalue weighted by atomic mass is 9.88. The summed E-state index contributed by atoms with van der Waals surface area (Å²) >= 11 is 0. The molecule has 0 saturated carbocycles. The van der Waals surface area contributed by atoms with Gasteiger partial charge in [-0.15, -0.1) is 12.4 Å². The van der Waals surface area contributed by atoms with Crippen LogP contribution in [0.1, 0.15) is 47.5 Å². The topological polar surface area (TPSA) is 50.4 Å². The van der Waals surface area contributed by atoms with E-state index in [0.29, 0.717) is 18.8 Å². The van der Waals surface area contributed by atoms with Crippen LogP contribution in [0.5, 0.6) is 0 Å². The van der Waals surface area contributed by atoms with Crippen molar-refractivity contribution in [3.63, 3.8) is 0 Å². The summed E-state index contributed by atoms with van der Waals surface area (Å²) in [5, 5.41) is 6.09. The molecule has 7 heteroatoms. The Morgan fingerprint density at radius 2 is 1.79 bits per heavy atom. The first-order valence-electron chi connectivity index (χ1n) is 8.23. The highest BCUT2D eigenvalue weighted by molar-refractivity contribution is 5.94. The number of amides is 1. The maximum Gasteiger partial charge on any atom is 0.251 e. The molecule has 2 aliphatic rings. The number of nitrogens with one attached hydrogen (secondary N) is 2. The third-order valence-corrected chi connectivity index (χ3v) is 4.65. The molecule has 134 valence electrons. The van der Waals surface area contributed by atoms with Crippen molar-refractivity contribution < 1.29 is 18.3 Å². The summed E-state index contributed by atoms with van der Waals surface area (Å²) in [5.74, 6) is -2.15. The zero-order valence-electron chi connectivity index (χ0n) is 13.4. The quantitative estimate of drug-likeness (QED) is 0.871. The van der Waals surface area contributed by atoms with Crippen LogP contribution in [0.3, 0.4) is 0 Å². The van der Waals surface area contributed by atoms with Crippen molar-refractivity contribution in [3.8, 4) is 0 Å². The van der Waals surface area contributed by atoms with Crippen LogP contribution in [0.25, 0.3) is 0 Å². The van der Waals surface area contributed by atoms with Gasteiger partial charge in [-0.25, -0.2) is 8.78 Å². The van der Waals surface area contributed by atoms with Crippen LogP contribution in [0.15, 0.2) is 12.1 Å². The minimum atomic E-state index is -0.946. The van der Waals surface area contributed by atoms with E-state index < -0.39 is 11.6 Å². The Kier molecular flexibility index (Phi) is 6.95. The second-order valence-corrected chi connectivity index (χ2v) is 6.25. The second kappa shape index (κ2) is 8.74. The highest BCUT2D eigenvalue weighted by Crippen LogP contribution is 2.29. The maximum atomic E-state index is 14.1. The third kappa shape index (κ3) is 4.43. The first-order chi connectivity index (χ1) is 11.1. The Morgan fingerprint density at radius 1 is 1.12 bits per heavy atom. The molecular formula is C17H23ClF2N2O2. The average Bonchev–Trinajstić information content (AvgIpc) is 2.59. The SMILES string of the molecule is Cl.O=C(NC1CCOCC1)c1cc(F)c(F)c(C2CCNCC2)c1. The van der Waals surface area contributed by atoms with Gasteiger partial charge in [-0.3, -0.25) is 4.79 Å². The first-order valence-corrected chi connectivity index (χ1v) is 8.23. The molecular weight excluding hydrogens is 338 g/mol. The molecule has 0 unspecified atom stereocenters. The number of halogens is 3. The van der Waals surface area contributed by atoms with Crippen molar-refractivity contribution >= 4 is 18.3 Å². The lowest BCUT2D eigenvalue weighted by molar-refractivity contribution is 0.0696. The van der Waals surface area contributed by atoms with Crippen molar-refractivity contribution in [3.05, 3.63) is 34.9 Å². The molecule has 2 heterocycles. The molecule has 0 aromatic heterocycles. The Bertz CT molecular complexity index is 574. The third-order valence-electron chi connectivity index (χ3n) is 4.65. The molecule has 0 aliphatic carbocycles. The van der Waals surface area contributed by atoms with Crippen LogP contribution >= 0.6 is 12.4 Å². The number of rotatable bonds is 3. The Balaban J connectivity index is 0.00000208. The van der Waals surface area contributed by atoms with Crippen molar-refractivity contribution in [2.24, 2.45) is 0 Å². The number of benzene rings is 1. The highest BCUT2D eigenvalue weighted by Gasteiger charge is 2.24. The van der Waals surface area contributed by atoms with E-state index in [1.165, 1.54) is 6.07 Å². The Labute approximate surface area is 146 Å². The van der Waals surface area contributed by atoms with Gasteiger partial charge in [-0.1, -0.05) is 0 Å². The molecule has 4 nitrogen and oxygen atoms in total. The second-order valence-electron chi connectivity index (χ2n) is 6.25. The van der Waals surface area contributed by atoms with E-state index in [4.69, 9.17) is 4.74 Å². The summed E-state index contributed by atoms with van der Waals surface area (Å²) in [5.41, 5.74) is 0.521. The fraction of sp³-hybridized carbons (Fsp3) is 0.588. The van der Waals surface area contributed by atoms with Crippen LogP contribution < -0.4 is 10.6 Å². The highest BCUT2D eigenvalue weighted by atomic mass is 35.5. The van der Waals surface area contributed by atoms with Gasteiger partial charge in [0.2, 0.25) is 0 Å². The number of ether oxygens (including phenoxy) is 1. The predicted molar refractivity (Wildman–Crippen MR) is 89.8 cm³/mol. The van der Waals surface area contributed by atoms with Gasteiger partial charge in [0.05, 0.1) is 0 Å². The van der Waals surface area contributed by atoms with Crippen LogP contribution in [-0.4, -0.2) is 38.3 Å². The number of hydrogen-bond acceptors (Lipinski definition) is 3. The summed E-state index contributed by atoms with van der Waals surface area (Å²) in [4.78, 5) is 12.4. The molecule has 2 saturated heterocycles. The van der Waals surface area contributed by atoms with Crippen LogP contribution in [0.2, 0.25) is 0 Å². The zero-order valence-corrected chi connectivity index (χ0v) is 14.3. The van der Waals surface area contributed by atoms with E-state index in [-0.39, 0.29) is 35.8 Å². The summed E-state index contributed by atoms with van der Waals surface area (Å²) in [6.07, 6.45) is 3.00. The van der Waals surface area contributed by atoms with Gasteiger partial charge >= 0.3 is 0 Å². The molecule has 3 rings (SSSR count). The summed E-state index contributed by atoms with van der Waals surface area (Å²) in [6.45, 7) is 2.79. The van der Waals surface area contributed by atoms with E-state index in [0.717, 1.165) is 44.8 Å².